The first-order valence-electron chi connectivity index (χ1n) is 8.03. The van der Waals surface area contributed by atoms with Gasteiger partial charge in [0.25, 0.3) is 0 Å². The lowest BCUT2D eigenvalue weighted by molar-refractivity contribution is 0.00743. The topological polar surface area (TPSA) is 61.6 Å². The van der Waals surface area contributed by atoms with Gasteiger partial charge >= 0.3 is 0 Å². The van der Waals surface area contributed by atoms with E-state index >= 15 is 0 Å². The maximum atomic E-state index is 12.5. The van der Waals surface area contributed by atoms with Gasteiger partial charge in [0.15, 0.2) is 5.78 Å². The molecule has 0 aromatic heterocycles. The van der Waals surface area contributed by atoms with Crippen LogP contribution in [0.1, 0.15) is 34.8 Å². The normalized spacial score (nSPS) is 18.8. The first kappa shape index (κ1) is 17.0. The molecule has 126 valence electrons. The standard InChI is InChI=1S/C19H20ClNO3/c20-15-7-3-13(4-8-15)18(21)19(22)14-5-9-16(10-6-14)24-17-2-1-11-23-12-17/h3-10,17-18H,1-2,11-12,21H2. The van der Waals surface area contributed by atoms with Crippen LogP contribution in [0.3, 0.4) is 0 Å². The molecule has 1 saturated heterocycles. The van der Waals surface area contributed by atoms with Crippen molar-refractivity contribution in [1.29, 1.82) is 0 Å². The first-order valence-corrected chi connectivity index (χ1v) is 8.41. The fourth-order valence-corrected chi connectivity index (χ4v) is 2.82. The van der Waals surface area contributed by atoms with Gasteiger partial charge < -0.3 is 15.2 Å². The van der Waals surface area contributed by atoms with Gasteiger partial charge in [-0.25, -0.2) is 0 Å². The van der Waals surface area contributed by atoms with Crippen LogP contribution >= 0.6 is 11.6 Å². The van der Waals surface area contributed by atoms with Gasteiger partial charge in [0.05, 0.1) is 12.6 Å². The summed E-state index contributed by atoms with van der Waals surface area (Å²) in [6.07, 6.45) is 2.08. The van der Waals surface area contributed by atoms with Crippen LogP contribution in [0.4, 0.5) is 0 Å². The molecule has 0 amide bonds. The summed E-state index contributed by atoms with van der Waals surface area (Å²) in [5, 5.41) is 0.617. The Morgan fingerprint density at radius 3 is 2.50 bits per heavy atom. The Balaban J connectivity index is 1.65. The summed E-state index contributed by atoms with van der Waals surface area (Å²) in [6.45, 7) is 1.41. The number of hydrogen-bond donors (Lipinski definition) is 1. The summed E-state index contributed by atoms with van der Waals surface area (Å²) in [5.41, 5.74) is 7.37. The largest absolute Gasteiger partial charge is 0.488 e. The smallest absolute Gasteiger partial charge is 0.184 e. The van der Waals surface area contributed by atoms with Crippen molar-refractivity contribution in [2.24, 2.45) is 5.73 Å². The van der Waals surface area contributed by atoms with Crippen molar-refractivity contribution in [2.75, 3.05) is 13.2 Å². The van der Waals surface area contributed by atoms with Crippen LogP contribution < -0.4 is 10.5 Å². The summed E-state index contributed by atoms with van der Waals surface area (Å²) < 4.78 is 11.3. The Kier molecular flexibility index (Phi) is 5.51. The van der Waals surface area contributed by atoms with E-state index in [2.05, 4.69) is 0 Å². The van der Waals surface area contributed by atoms with E-state index in [1.54, 1.807) is 48.5 Å². The van der Waals surface area contributed by atoms with Gasteiger partial charge in [-0.1, -0.05) is 23.7 Å². The van der Waals surface area contributed by atoms with Crippen molar-refractivity contribution in [3.63, 3.8) is 0 Å². The predicted octanol–water partition coefficient (Wildman–Crippen LogP) is 3.78. The molecule has 2 aromatic rings. The molecule has 3 rings (SSSR count). The molecule has 2 N–H and O–H groups in total. The molecule has 1 aliphatic heterocycles. The van der Waals surface area contributed by atoms with Crippen molar-refractivity contribution < 1.29 is 14.3 Å². The third kappa shape index (κ3) is 4.15. The molecule has 0 radical (unpaired) electrons. The van der Waals surface area contributed by atoms with Gasteiger partial charge in [-0.3, -0.25) is 4.79 Å². The summed E-state index contributed by atoms with van der Waals surface area (Å²) in [4.78, 5) is 12.5. The third-order valence-corrected chi connectivity index (χ3v) is 4.32. The van der Waals surface area contributed by atoms with E-state index in [-0.39, 0.29) is 11.9 Å². The van der Waals surface area contributed by atoms with E-state index in [1.165, 1.54) is 0 Å². The summed E-state index contributed by atoms with van der Waals surface area (Å²) in [6, 6.07) is 13.4. The minimum absolute atomic E-state index is 0.0802. The van der Waals surface area contributed by atoms with Gasteiger partial charge in [0, 0.05) is 17.2 Å². The number of ketones is 1. The Labute approximate surface area is 146 Å². The van der Waals surface area contributed by atoms with Gasteiger partial charge in [0.2, 0.25) is 0 Å². The predicted molar refractivity (Wildman–Crippen MR) is 93.6 cm³/mol. The highest BCUT2D eigenvalue weighted by Crippen LogP contribution is 2.22. The molecule has 0 bridgehead atoms. The molecular weight excluding hydrogens is 326 g/mol. The van der Waals surface area contributed by atoms with Crippen molar-refractivity contribution in [1.82, 2.24) is 0 Å². The SMILES string of the molecule is NC(C(=O)c1ccc(OC2CCCOC2)cc1)c1ccc(Cl)cc1. The van der Waals surface area contributed by atoms with E-state index in [0.717, 1.165) is 30.8 Å². The van der Waals surface area contributed by atoms with Crippen LogP contribution in [0.5, 0.6) is 5.75 Å². The molecule has 4 nitrogen and oxygen atoms in total. The highest BCUT2D eigenvalue weighted by atomic mass is 35.5. The molecule has 0 saturated carbocycles. The van der Waals surface area contributed by atoms with Crippen LogP contribution in [0, 0.1) is 0 Å². The quantitative estimate of drug-likeness (QED) is 0.838. The van der Waals surface area contributed by atoms with Crippen LogP contribution in [-0.4, -0.2) is 25.1 Å². The zero-order chi connectivity index (χ0) is 16.9. The van der Waals surface area contributed by atoms with Crippen LogP contribution in [-0.2, 0) is 4.74 Å². The van der Waals surface area contributed by atoms with Crippen molar-refractivity contribution in [3.05, 3.63) is 64.7 Å². The lowest BCUT2D eigenvalue weighted by Gasteiger charge is -2.23. The van der Waals surface area contributed by atoms with Crippen LogP contribution in [0.15, 0.2) is 48.5 Å². The summed E-state index contributed by atoms with van der Waals surface area (Å²) in [7, 11) is 0. The zero-order valence-electron chi connectivity index (χ0n) is 13.3. The number of carbonyl (C=O) groups excluding carboxylic acids is 1. The zero-order valence-corrected chi connectivity index (χ0v) is 14.0. The van der Waals surface area contributed by atoms with Gasteiger partial charge in [0.1, 0.15) is 11.9 Å². The third-order valence-electron chi connectivity index (χ3n) is 4.07. The number of carbonyl (C=O) groups is 1. The number of benzene rings is 2. The Bertz CT molecular complexity index is 679. The van der Waals surface area contributed by atoms with E-state index in [9.17, 15) is 4.79 Å². The Morgan fingerprint density at radius 1 is 1.17 bits per heavy atom. The van der Waals surface area contributed by atoms with E-state index in [4.69, 9.17) is 26.8 Å². The van der Waals surface area contributed by atoms with Crippen molar-refractivity contribution in [2.45, 2.75) is 25.0 Å². The lowest BCUT2D eigenvalue weighted by atomic mass is 9.98. The molecular formula is C19H20ClNO3. The maximum absolute atomic E-state index is 12.5. The molecule has 24 heavy (non-hydrogen) atoms. The number of halogens is 1. The average molecular weight is 346 g/mol. The number of rotatable bonds is 5. The molecule has 0 spiro atoms. The highest BCUT2D eigenvalue weighted by Gasteiger charge is 2.19. The Hall–Kier alpha value is -1.88. The minimum Gasteiger partial charge on any atom is -0.488 e. The molecule has 2 aromatic carbocycles. The number of Topliss-reactive ketones (excluding diaryl/α,β-unsaturated/α-hetero) is 1. The molecule has 2 unspecified atom stereocenters. The van der Waals surface area contributed by atoms with E-state index in [1.807, 2.05) is 0 Å². The minimum atomic E-state index is -0.708. The molecule has 1 heterocycles. The second-order valence-electron chi connectivity index (χ2n) is 5.87. The van der Waals surface area contributed by atoms with Gasteiger partial charge in [-0.15, -0.1) is 0 Å². The fourth-order valence-electron chi connectivity index (χ4n) is 2.70. The van der Waals surface area contributed by atoms with E-state index < -0.39 is 6.04 Å². The molecule has 5 heteroatoms. The van der Waals surface area contributed by atoms with Gasteiger partial charge in [-0.2, -0.15) is 0 Å². The highest BCUT2D eigenvalue weighted by molar-refractivity contribution is 6.30. The molecule has 0 aliphatic carbocycles. The van der Waals surface area contributed by atoms with Crippen molar-refractivity contribution >= 4 is 17.4 Å². The first-order chi connectivity index (χ1) is 11.6. The monoisotopic (exact) mass is 345 g/mol. The van der Waals surface area contributed by atoms with Crippen LogP contribution in [0.2, 0.25) is 5.02 Å². The molecule has 2 atom stereocenters. The number of hydrogen-bond acceptors (Lipinski definition) is 4. The molecule has 1 fully saturated rings. The van der Waals surface area contributed by atoms with Crippen LogP contribution in [0.25, 0.3) is 0 Å². The van der Waals surface area contributed by atoms with Crippen molar-refractivity contribution in [3.8, 4) is 5.75 Å². The summed E-state index contributed by atoms with van der Waals surface area (Å²) in [5.74, 6) is 0.604. The van der Waals surface area contributed by atoms with Gasteiger partial charge in [-0.05, 0) is 54.8 Å². The fraction of sp³-hybridized carbons (Fsp3) is 0.316. The maximum Gasteiger partial charge on any atom is 0.184 e. The lowest BCUT2D eigenvalue weighted by Crippen LogP contribution is -2.28. The summed E-state index contributed by atoms with van der Waals surface area (Å²) >= 11 is 5.86. The number of ether oxygens (including phenoxy) is 2. The second kappa shape index (κ2) is 7.79. The second-order valence-corrected chi connectivity index (χ2v) is 6.31. The average Bonchev–Trinajstić information content (AvgIpc) is 2.63. The van der Waals surface area contributed by atoms with E-state index in [0.29, 0.717) is 17.2 Å². The number of nitrogens with two attached hydrogens (primary N) is 1. The molecule has 1 aliphatic rings. The Morgan fingerprint density at radius 2 is 1.88 bits per heavy atom.